The van der Waals surface area contributed by atoms with E-state index < -0.39 is 35.1 Å². The minimum Gasteiger partial charge on any atom is -0.462 e. The van der Waals surface area contributed by atoms with E-state index in [0.717, 1.165) is 43.5 Å². The molecule has 0 aliphatic heterocycles. The maximum Gasteiger partial charge on any atom is 0.346 e. The topological polar surface area (TPSA) is 78.9 Å². The van der Waals surface area contributed by atoms with E-state index in [-0.39, 0.29) is 30.1 Å². The number of carbonyl (C=O) groups is 3. The Balaban J connectivity index is 1.84. The van der Waals surface area contributed by atoms with Crippen molar-refractivity contribution in [2.45, 2.75) is 71.6 Å². The summed E-state index contributed by atoms with van der Waals surface area (Å²) in [7, 11) is 0. The third-order valence-corrected chi connectivity index (χ3v) is 5.27. The number of rotatable bonds is 14. The zero-order valence-electron chi connectivity index (χ0n) is 20.2. The molecule has 6 nitrogen and oxygen atoms in total. The van der Waals surface area contributed by atoms with Crippen molar-refractivity contribution in [2.24, 2.45) is 0 Å². The Hall–Kier alpha value is -3.29. The molecule has 0 spiro atoms. The van der Waals surface area contributed by atoms with Crippen molar-refractivity contribution in [3.05, 3.63) is 59.2 Å². The SMILES string of the molecule is CCCCCCCCCCC(=O)Oc1ccc(C(=O)Oc2ccc(C(=O)OCC)c(F)c2)c(F)c1. The molecule has 0 fully saturated rings. The van der Waals surface area contributed by atoms with Gasteiger partial charge < -0.3 is 14.2 Å². The quantitative estimate of drug-likeness (QED) is 0.165. The highest BCUT2D eigenvalue weighted by atomic mass is 19.1. The van der Waals surface area contributed by atoms with E-state index >= 15 is 0 Å². The van der Waals surface area contributed by atoms with Gasteiger partial charge in [-0.1, -0.05) is 51.9 Å². The van der Waals surface area contributed by atoms with Crippen molar-refractivity contribution in [1.29, 1.82) is 0 Å². The molecule has 0 saturated carbocycles. The second-order valence-electron chi connectivity index (χ2n) is 8.09. The van der Waals surface area contributed by atoms with Crippen LogP contribution in [0.2, 0.25) is 0 Å². The number of halogens is 2. The summed E-state index contributed by atoms with van der Waals surface area (Å²) in [5, 5.41) is 0. The number of unbranched alkanes of at least 4 members (excludes halogenated alkanes) is 7. The summed E-state index contributed by atoms with van der Waals surface area (Å²) >= 11 is 0. The fourth-order valence-electron chi connectivity index (χ4n) is 3.41. The molecule has 0 bridgehead atoms. The molecule has 190 valence electrons. The fourth-order valence-corrected chi connectivity index (χ4v) is 3.41. The van der Waals surface area contributed by atoms with E-state index in [1.165, 1.54) is 37.8 Å². The Labute approximate surface area is 204 Å². The van der Waals surface area contributed by atoms with Gasteiger partial charge in [0.1, 0.15) is 23.1 Å². The van der Waals surface area contributed by atoms with Gasteiger partial charge in [0.15, 0.2) is 0 Å². The third kappa shape index (κ3) is 9.47. The van der Waals surface area contributed by atoms with E-state index in [1.54, 1.807) is 6.92 Å². The molecule has 2 rings (SSSR count). The van der Waals surface area contributed by atoms with Gasteiger partial charge >= 0.3 is 17.9 Å². The molecule has 0 aromatic heterocycles. The lowest BCUT2D eigenvalue weighted by Crippen LogP contribution is -2.13. The highest BCUT2D eigenvalue weighted by molar-refractivity contribution is 5.92. The number of esters is 3. The minimum absolute atomic E-state index is 0.0200. The van der Waals surface area contributed by atoms with E-state index in [2.05, 4.69) is 6.92 Å². The summed E-state index contributed by atoms with van der Waals surface area (Å²) in [6.07, 6.45) is 8.99. The van der Waals surface area contributed by atoms with Gasteiger partial charge in [-0.15, -0.1) is 0 Å². The summed E-state index contributed by atoms with van der Waals surface area (Å²) in [5.41, 5.74) is -0.723. The van der Waals surface area contributed by atoms with Crippen molar-refractivity contribution in [3.8, 4) is 11.5 Å². The Morgan fingerprint density at radius 3 is 1.74 bits per heavy atom. The Kier molecular flexibility index (Phi) is 11.9. The molecular weight excluding hydrogens is 458 g/mol. The van der Waals surface area contributed by atoms with Crippen LogP contribution in [0.4, 0.5) is 8.78 Å². The molecule has 2 aromatic rings. The van der Waals surface area contributed by atoms with Gasteiger partial charge in [-0.05, 0) is 37.6 Å². The largest absolute Gasteiger partial charge is 0.462 e. The number of carbonyl (C=O) groups excluding carboxylic acids is 3. The Morgan fingerprint density at radius 2 is 1.20 bits per heavy atom. The average molecular weight is 491 g/mol. The summed E-state index contributed by atoms with van der Waals surface area (Å²) in [6, 6.07) is 6.49. The molecule has 0 saturated heterocycles. The average Bonchev–Trinajstić information content (AvgIpc) is 2.81. The fraction of sp³-hybridized carbons (Fsp3) is 0.444. The molecule has 0 amide bonds. The van der Waals surface area contributed by atoms with E-state index in [9.17, 15) is 23.2 Å². The standard InChI is InChI=1S/C27H32F2O6/c1-3-5-6-7-8-9-10-11-12-25(30)34-19-13-16-22(24(29)17-19)27(32)35-20-14-15-21(23(28)18-20)26(31)33-4-2/h13-18H,3-12H2,1-2H3. The van der Waals surface area contributed by atoms with Crippen LogP contribution in [0.3, 0.4) is 0 Å². The summed E-state index contributed by atoms with van der Waals surface area (Å²) < 4.78 is 43.4. The van der Waals surface area contributed by atoms with E-state index in [1.807, 2.05) is 0 Å². The van der Waals surface area contributed by atoms with Gasteiger partial charge in [0, 0.05) is 18.6 Å². The molecule has 0 atom stereocenters. The van der Waals surface area contributed by atoms with Crippen molar-refractivity contribution >= 4 is 17.9 Å². The lowest BCUT2D eigenvalue weighted by atomic mass is 10.1. The van der Waals surface area contributed by atoms with Gasteiger partial charge in [-0.25, -0.2) is 18.4 Å². The van der Waals surface area contributed by atoms with Crippen molar-refractivity contribution in [3.63, 3.8) is 0 Å². The van der Waals surface area contributed by atoms with Crippen LogP contribution in [0, 0.1) is 11.6 Å². The van der Waals surface area contributed by atoms with Gasteiger partial charge in [0.05, 0.1) is 17.7 Å². The predicted octanol–water partition coefficient (Wildman–Crippen LogP) is 6.80. The summed E-state index contributed by atoms with van der Waals surface area (Å²) in [6.45, 7) is 3.84. The molecule has 0 heterocycles. The lowest BCUT2D eigenvalue weighted by molar-refractivity contribution is -0.134. The van der Waals surface area contributed by atoms with Crippen LogP contribution < -0.4 is 9.47 Å². The van der Waals surface area contributed by atoms with Crippen molar-refractivity contribution in [1.82, 2.24) is 0 Å². The van der Waals surface area contributed by atoms with Crippen LogP contribution in [-0.2, 0) is 9.53 Å². The van der Waals surface area contributed by atoms with Crippen molar-refractivity contribution < 1.29 is 37.4 Å². The number of benzene rings is 2. The first-order valence-corrected chi connectivity index (χ1v) is 12.0. The highest BCUT2D eigenvalue weighted by Crippen LogP contribution is 2.22. The third-order valence-electron chi connectivity index (χ3n) is 5.27. The second kappa shape index (κ2) is 14.9. The molecule has 2 aromatic carbocycles. The normalized spacial score (nSPS) is 10.6. The lowest BCUT2D eigenvalue weighted by Gasteiger charge is -2.09. The minimum atomic E-state index is -1.07. The van der Waals surface area contributed by atoms with Crippen molar-refractivity contribution in [2.75, 3.05) is 6.61 Å². The van der Waals surface area contributed by atoms with Gasteiger partial charge in [0.25, 0.3) is 0 Å². The highest BCUT2D eigenvalue weighted by Gasteiger charge is 2.18. The van der Waals surface area contributed by atoms with Crippen LogP contribution in [-0.4, -0.2) is 24.5 Å². The van der Waals surface area contributed by atoms with Crippen LogP contribution in [0.1, 0.15) is 92.4 Å². The summed E-state index contributed by atoms with van der Waals surface area (Å²) in [4.78, 5) is 36.0. The van der Waals surface area contributed by atoms with Crippen LogP contribution in [0.25, 0.3) is 0 Å². The van der Waals surface area contributed by atoms with Gasteiger partial charge in [0.2, 0.25) is 0 Å². The zero-order chi connectivity index (χ0) is 25.6. The summed E-state index contributed by atoms with van der Waals surface area (Å²) in [5.74, 6) is -4.50. The Bertz CT molecular complexity index is 1010. The number of hydrogen-bond acceptors (Lipinski definition) is 6. The molecule has 0 unspecified atom stereocenters. The number of ether oxygens (including phenoxy) is 3. The molecule has 0 N–H and O–H groups in total. The predicted molar refractivity (Wildman–Crippen MR) is 127 cm³/mol. The smallest absolute Gasteiger partial charge is 0.346 e. The van der Waals surface area contributed by atoms with Crippen LogP contribution in [0.15, 0.2) is 36.4 Å². The number of hydrogen-bond donors (Lipinski definition) is 0. The van der Waals surface area contributed by atoms with Gasteiger partial charge in [-0.3, -0.25) is 4.79 Å². The van der Waals surface area contributed by atoms with E-state index in [4.69, 9.17) is 14.2 Å². The monoisotopic (exact) mass is 490 g/mol. The molecular formula is C27H32F2O6. The van der Waals surface area contributed by atoms with Crippen LogP contribution >= 0.6 is 0 Å². The maximum absolute atomic E-state index is 14.4. The maximum atomic E-state index is 14.4. The molecule has 0 radical (unpaired) electrons. The molecule has 35 heavy (non-hydrogen) atoms. The Morgan fingerprint density at radius 1 is 0.686 bits per heavy atom. The zero-order valence-corrected chi connectivity index (χ0v) is 20.2. The van der Waals surface area contributed by atoms with Crippen LogP contribution in [0.5, 0.6) is 11.5 Å². The van der Waals surface area contributed by atoms with Gasteiger partial charge in [-0.2, -0.15) is 0 Å². The first-order chi connectivity index (χ1) is 16.8. The first-order valence-electron chi connectivity index (χ1n) is 12.0. The molecule has 0 aliphatic carbocycles. The van der Waals surface area contributed by atoms with E-state index in [0.29, 0.717) is 6.42 Å². The molecule has 8 heteroatoms. The second-order valence-corrected chi connectivity index (χ2v) is 8.09. The first kappa shape index (κ1) is 28.0. The molecule has 0 aliphatic rings.